The summed E-state index contributed by atoms with van der Waals surface area (Å²) in [6.07, 6.45) is 0.528. The Morgan fingerprint density at radius 3 is 2.65 bits per heavy atom. The van der Waals surface area contributed by atoms with E-state index in [2.05, 4.69) is 0 Å². The molecular formula is C13H18FNO2. The predicted octanol–water partition coefficient (Wildman–Crippen LogP) is 2.43. The van der Waals surface area contributed by atoms with Crippen molar-refractivity contribution in [2.24, 2.45) is 0 Å². The number of carboxylic acid groups (broad SMARTS) is 1. The fourth-order valence-electron chi connectivity index (χ4n) is 1.81. The maximum atomic E-state index is 13.3. The van der Waals surface area contributed by atoms with Gasteiger partial charge in [0.05, 0.1) is 0 Å². The van der Waals surface area contributed by atoms with Crippen molar-refractivity contribution in [3.8, 4) is 0 Å². The Balaban J connectivity index is 2.76. The largest absolute Gasteiger partial charge is 0.480 e. The van der Waals surface area contributed by atoms with Gasteiger partial charge in [0.25, 0.3) is 0 Å². The molecule has 1 N–H and O–H groups in total. The van der Waals surface area contributed by atoms with Gasteiger partial charge in [-0.25, -0.2) is 4.39 Å². The van der Waals surface area contributed by atoms with Crippen molar-refractivity contribution in [2.45, 2.75) is 32.9 Å². The summed E-state index contributed by atoms with van der Waals surface area (Å²) in [6.45, 7) is 3.96. The quantitative estimate of drug-likeness (QED) is 0.858. The van der Waals surface area contributed by atoms with Crippen molar-refractivity contribution < 1.29 is 14.3 Å². The molecule has 17 heavy (non-hydrogen) atoms. The number of benzene rings is 1. The highest BCUT2D eigenvalue weighted by molar-refractivity contribution is 5.73. The summed E-state index contributed by atoms with van der Waals surface area (Å²) in [6, 6.07) is 4.46. The Morgan fingerprint density at radius 2 is 2.18 bits per heavy atom. The van der Waals surface area contributed by atoms with Crippen molar-refractivity contribution in [1.29, 1.82) is 0 Å². The Labute approximate surface area is 101 Å². The number of hydrogen-bond acceptors (Lipinski definition) is 2. The molecule has 0 bridgehead atoms. The smallest absolute Gasteiger partial charge is 0.320 e. The molecule has 0 amide bonds. The van der Waals surface area contributed by atoms with E-state index < -0.39 is 12.0 Å². The zero-order valence-electron chi connectivity index (χ0n) is 10.4. The van der Waals surface area contributed by atoms with Crippen molar-refractivity contribution in [2.75, 3.05) is 7.05 Å². The molecule has 1 rings (SSSR count). The average molecular weight is 239 g/mol. The maximum Gasteiger partial charge on any atom is 0.320 e. The number of hydrogen-bond donors (Lipinski definition) is 1. The lowest BCUT2D eigenvalue weighted by Crippen LogP contribution is -2.37. The monoisotopic (exact) mass is 239 g/mol. The Kier molecular flexibility index (Phi) is 4.63. The normalized spacial score (nSPS) is 12.8. The number of likely N-dealkylation sites (N-methyl/N-ethyl adjacent to an activating group) is 1. The fourth-order valence-corrected chi connectivity index (χ4v) is 1.81. The molecule has 0 spiro atoms. The fraction of sp³-hybridized carbons (Fsp3) is 0.462. The van der Waals surface area contributed by atoms with Gasteiger partial charge < -0.3 is 5.11 Å². The molecule has 1 aromatic rings. The summed E-state index contributed by atoms with van der Waals surface area (Å²) >= 11 is 0. The average Bonchev–Trinajstić information content (AvgIpc) is 2.24. The Hall–Kier alpha value is -1.42. The summed E-state index contributed by atoms with van der Waals surface area (Å²) in [7, 11) is 1.74. The van der Waals surface area contributed by atoms with Crippen molar-refractivity contribution in [3.63, 3.8) is 0 Å². The van der Waals surface area contributed by atoms with E-state index in [1.165, 1.54) is 6.07 Å². The van der Waals surface area contributed by atoms with E-state index in [-0.39, 0.29) is 5.82 Å². The van der Waals surface area contributed by atoms with Gasteiger partial charge in [-0.15, -0.1) is 0 Å². The van der Waals surface area contributed by atoms with E-state index >= 15 is 0 Å². The van der Waals surface area contributed by atoms with Crippen LogP contribution in [0.25, 0.3) is 0 Å². The topological polar surface area (TPSA) is 40.5 Å². The van der Waals surface area contributed by atoms with E-state index in [0.717, 1.165) is 5.56 Å². The van der Waals surface area contributed by atoms with Gasteiger partial charge in [-0.1, -0.05) is 19.1 Å². The molecule has 0 aromatic heterocycles. The first-order chi connectivity index (χ1) is 7.95. The minimum atomic E-state index is -0.845. The molecule has 3 nitrogen and oxygen atoms in total. The number of carboxylic acids is 1. The van der Waals surface area contributed by atoms with Crippen LogP contribution in [0.2, 0.25) is 0 Å². The van der Waals surface area contributed by atoms with Crippen molar-refractivity contribution in [3.05, 3.63) is 35.1 Å². The molecule has 1 aromatic carbocycles. The number of aryl methyl sites for hydroxylation is 1. The lowest BCUT2D eigenvalue weighted by Gasteiger charge is -2.23. The van der Waals surface area contributed by atoms with E-state index in [4.69, 9.17) is 5.11 Å². The molecule has 0 saturated carbocycles. The summed E-state index contributed by atoms with van der Waals surface area (Å²) in [5, 5.41) is 9.00. The van der Waals surface area contributed by atoms with Crippen LogP contribution in [0.5, 0.6) is 0 Å². The van der Waals surface area contributed by atoms with Crippen LogP contribution in [-0.2, 0) is 11.3 Å². The molecule has 1 atom stereocenters. The van der Waals surface area contributed by atoms with Crippen LogP contribution in [-0.4, -0.2) is 29.1 Å². The highest BCUT2D eigenvalue weighted by Gasteiger charge is 2.20. The SMILES string of the molecule is CCC(C(=O)O)N(C)Cc1ccc(C)c(F)c1. The molecule has 0 aliphatic heterocycles. The lowest BCUT2D eigenvalue weighted by atomic mass is 10.1. The first-order valence-electron chi connectivity index (χ1n) is 5.63. The van der Waals surface area contributed by atoms with Gasteiger partial charge in [-0.3, -0.25) is 9.69 Å². The van der Waals surface area contributed by atoms with Crippen molar-refractivity contribution >= 4 is 5.97 Å². The van der Waals surface area contributed by atoms with Crippen LogP contribution in [0.3, 0.4) is 0 Å². The van der Waals surface area contributed by atoms with E-state index in [1.807, 2.05) is 13.0 Å². The maximum absolute atomic E-state index is 13.3. The third kappa shape index (κ3) is 3.53. The minimum Gasteiger partial charge on any atom is -0.480 e. The van der Waals surface area contributed by atoms with Gasteiger partial charge in [-0.05, 0) is 37.6 Å². The molecule has 94 valence electrons. The number of carbonyl (C=O) groups is 1. The first-order valence-corrected chi connectivity index (χ1v) is 5.63. The second kappa shape index (κ2) is 5.77. The Morgan fingerprint density at radius 1 is 1.53 bits per heavy atom. The minimum absolute atomic E-state index is 0.251. The van der Waals surface area contributed by atoms with Gasteiger partial charge >= 0.3 is 5.97 Å². The summed E-state index contributed by atoms with van der Waals surface area (Å²) in [5.74, 6) is -1.10. The third-order valence-corrected chi connectivity index (χ3v) is 2.87. The summed E-state index contributed by atoms with van der Waals surface area (Å²) in [4.78, 5) is 12.7. The number of rotatable bonds is 5. The lowest BCUT2D eigenvalue weighted by molar-refractivity contribution is -0.143. The highest BCUT2D eigenvalue weighted by atomic mass is 19.1. The van der Waals surface area contributed by atoms with Crippen LogP contribution in [0, 0.1) is 12.7 Å². The number of halogens is 1. The van der Waals surface area contributed by atoms with Gasteiger partial charge in [0.2, 0.25) is 0 Å². The van der Waals surface area contributed by atoms with Crippen LogP contribution in [0.4, 0.5) is 4.39 Å². The second-order valence-electron chi connectivity index (χ2n) is 4.26. The van der Waals surface area contributed by atoms with Crippen LogP contribution >= 0.6 is 0 Å². The number of aliphatic carboxylic acids is 1. The molecular weight excluding hydrogens is 221 g/mol. The van der Waals surface area contributed by atoms with Gasteiger partial charge in [0.15, 0.2) is 0 Å². The van der Waals surface area contributed by atoms with E-state index in [9.17, 15) is 9.18 Å². The predicted molar refractivity (Wildman–Crippen MR) is 64.3 cm³/mol. The molecule has 1 unspecified atom stereocenters. The van der Waals surface area contributed by atoms with Gasteiger partial charge in [0.1, 0.15) is 11.9 Å². The zero-order valence-corrected chi connectivity index (χ0v) is 10.4. The first kappa shape index (κ1) is 13.6. The third-order valence-electron chi connectivity index (χ3n) is 2.87. The Bertz CT molecular complexity index is 406. The summed E-state index contributed by atoms with van der Waals surface area (Å²) in [5.41, 5.74) is 1.39. The molecule has 0 saturated heterocycles. The second-order valence-corrected chi connectivity index (χ2v) is 4.26. The molecule has 0 radical (unpaired) electrons. The van der Waals surface area contributed by atoms with Gasteiger partial charge in [0, 0.05) is 6.54 Å². The standard InChI is InChI=1S/C13H18FNO2/c1-4-12(13(16)17)15(3)8-10-6-5-9(2)11(14)7-10/h5-7,12H,4,8H2,1-3H3,(H,16,17). The van der Waals surface area contributed by atoms with Gasteiger partial charge in [-0.2, -0.15) is 0 Å². The summed E-state index contributed by atoms with van der Waals surface area (Å²) < 4.78 is 13.3. The van der Waals surface area contributed by atoms with Crippen LogP contribution in [0.15, 0.2) is 18.2 Å². The molecule has 4 heteroatoms. The van der Waals surface area contributed by atoms with E-state index in [1.54, 1.807) is 24.9 Å². The van der Waals surface area contributed by atoms with Crippen LogP contribution in [0.1, 0.15) is 24.5 Å². The number of nitrogens with zero attached hydrogens (tertiary/aromatic N) is 1. The van der Waals surface area contributed by atoms with E-state index in [0.29, 0.717) is 18.5 Å². The van der Waals surface area contributed by atoms with Crippen molar-refractivity contribution in [1.82, 2.24) is 4.90 Å². The molecule has 0 aliphatic rings. The highest BCUT2D eigenvalue weighted by Crippen LogP contribution is 2.13. The molecule has 0 aliphatic carbocycles. The molecule has 0 fully saturated rings. The zero-order chi connectivity index (χ0) is 13.0. The molecule has 0 heterocycles. The van der Waals surface area contributed by atoms with Crippen LogP contribution < -0.4 is 0 Å².